The zero-order chi connectivity index (χ0) is 36.3. The second-order valence-electron chi connectivity index (χ2n) is 14.0. The summed E-state index contributed by atoms with van der Waals surface area (Å²) in [5, 5.41) is 9.95. The number of aromatic nitrogens is 4. The van der Waals surface area contributed by atoms with Crippen LogP contribution in [0.15, 0.2) is 194 Å². The number of hydrogen-bond donors (Lipinski definition) is 0. The maximum atomic E-state index is 4.94. The van der Waals surface area contributed by atoms with Crippen LogP contribution in [-0.4, -0.2) is 19.5 Å². The van der Waals surface area contributed by atoms with Crippen molar-refractivity contribution in [3.8, 4) is 51.0 Å². The van der Waals surface area contributed by atoms with Gasteiger partial charge < -0.3 is 4.57 Å². The van der Waals surface area contributed by atoms with E-state index >= 15 is 0 Å². The summed E-state index contributed by atoms with van der Waals surface area (Å²) in [6, 6.07) is 68.8. The molecule has 0 amide bonds. The van der Waals surface area contributed by atoms with Gasteiger partial charge in [-0.15, -0.1) is 0 Å². The van der Waals surface area contributed by atoms with Crippen molar-refractivity contribution in [3.05, 3.63) is 194 Å². The van der Waals surface area contributed by atoms with Gasteiger partial charge in [0.25, 0.3) is 0 Å². The Kier molecular flexibility index (Phi) is 7.14. The number of hydrogen-bond acceptors (Lipinski definition) is 3. The molecule has 11 rings (SSSR count). The lowest BCUT2D eigenvalue weighted by molar-refractivity contribution is 1.07. The zero-order valence-corrected chi connectivity index (χ0v) is 29.8. The molecule has 9 aromatic carbocycles. The zero-order valence-electron chi connectivity index (χ0n) is 29.8. The first-order valence-electron chi connectivity index (χ1n) is 18.6. The quantitative estimate of drug-likeness (QED) is 0.168. The van der Waals surface area contributed by atoms with Crippen LogP contribution in [-0.2, 0) is 0 Å². The number of benzene rings is 9. The third kappa shape index (κ3) is 5.19. The predicted octanol–water partition coefficient (Wildman–Crippen LogP) is 13.1. The van der Waals surface area contributed by atoms with Crippen molar-refractivity contribution in [2.45, 2.75) is 0 Å². The molecule has 0 spiro atoms. The van der Waals surface area contributed by atoms with Crippen molar-refractivity contribution in [3.63, 3.8) is 0 Å². The molecule has 0 atom stereocenters. The highest BCUT2D eigenvalue weighted by Crippen LogP contribution is 2.41. The predicted molar refractivity (Wildman–Crippen MR) is 228 cm³/mol. The molecule has 0 radical (unpaired) electrons. The first-order valence-corrected chi connectivity index (χ1v) is 18.6. The summed E-state index contributed by atoms with van der Waals surface area (Å²) >= 11 is 0. The fourth-order valence-corrected chi connectivity index (χ4v) is 8.20. The summed E-state index contributed by atoms with van der Waals surface area (Å²) in [4.78, 5) is 14.8. The van der Waals surface area contributed by atoms with E-state index in [0.29, 0.717) is 17.5 Å². The van der Waals surface area contributed by atoms with Crippen molar-refractivity contribution < 1.29 is 0 Å². The molecule has 0 unspecified atom stereocenters. The monoisotopic (exact) mass is 700 g/mol. The number of fused-ring (bicyclic) bond motifs is 8. The van der Waals surface area contributed by atoms with Gasteiger partial charge in [-0.1, -0.05) is 170 Å². The van der Waals surface area contributed by atoms with Crippen LogP contribution in [0.5, 0.6) is 0 Å². The fourth-order valence-electron chi connectivity index (χ4n) is 8.20. The van der Waals surface area contributed by atoms with Crippen molar-refractivity contribution in [2.24, 2.45) is 0 Å². The van der Waals surface area contributed by atoms with Gasteiger partial charge in [0.15, 0.2) is 17.5 Å². The van der Waals surface area contributed by atoms with Crippen molar-refractivity contribution in [1.29, 1.82) is 0 Å². The van der Waals surface area contributed by atoms with E-state index in [1.54, 1.807) is 0 Å². The van der Waals surface area contributed by atoms with Gasteiger partial charge in [0.1, 0.15) is 0 Å². The van der Waals surface area contributed by atoms with E-state index in [0.717, 1.165) is 27.8 Å². The summed E-state index contributed by atoms with van der Waals surface area (Å²) < 4.78 is 2.46. The van der Waals surface area contributed by atoms with Gasteiger partial charge in [0, 0.05) is 32.8 Å². The third-order valence-corrected chi connectivity index (χ3v) is 10.8. The minimum Gasteiger partial charge on any atom is -0.309 e. The average Bonchev–Trinajstić information content (AvgIpc) is 3.61. The Morgan fingerprint density at radius 2 is 0.800 bits per heavy atom. The molecule has 0 aliphatic heterocycles. The smallest absolute Gasteiger partial charge is 0.164 e. The average molecular weight is 701 g/mol. The molecule has 0 aliphatic carbocycles. The van der Waals surface area contributed by atoms with E-state index in [9.17, 15) is 0 Å². The lowest BCUT2D eigenvalue weighted by Gasteiger charge is -2.14. The number of para-hydroxylation sites is 1. The highest BCUT2D eigenvalue weighted by atomic mass is 15.0. The fraction of sp³-hybridized carbons (Fsp3) is 0. The van der Waals surface area contributed by atoms with E-state index in [1.807, 2.05) is 60.7 Å². The van der Waals surface area contributed by atoms with Crippen LogP contribution in [0.2, 0.25) is 0 Å². The summed E-state index contributed by atoms with van der Waals surface area (Å²) in [5.74, 6) is 1.96. The molecule has 0 saturated heterocycles. The molecule has 55 heavy (non-hydrogen) atoms. The Morgan fingerprint density at radius 3 is 1.49 bits per heavy atom. The molecule has 0 aliphatic rings. The highest BCUT2D eigenvalue weighted by Gasteiger charge is 2.18. The van der Waals surface area contributed by atoms with E-state index in [2.05, 4.69) is 138 Å². The molecular weight excluding hydrogens is 669 g/mol. The van der Waals surface area contributed by atoms with Crippen LogP contribution in [0.25, 0.3) is 105 Å². The summed E-state index contributed by atoms with van der Waals surface area (Å²) in [5.41, 5.74) is 8.72. The van der Waals surface area contributed by atoms with E-state index in [-0.39, 0.29) is 0 Å². The molecule has 11 aromatic rings. The number of nitrogens with zero attached hydrogens (tertiary/aromatic N) is 4. The molecular formula is C51H32N4. The van der Waals surface area contributed by atoms with Gasteiger partial charge in [0.05, 0.1) is 16.7 Å². The van der Waals surface area contributed by atoms with Gasteiger partial charge in [-0.2, -0.15) is 0 Å². The van der Waals surface area contributed by atoms with Crippen LogP contribution in [0.3, 0.4) is 0 Å². The molecule has 0 fully saturated rings. The molecule has 0 bridgehead atoms. The Balaban J connectivity index is 1.06. The topological polar surface area (TPSA) is 43.6 Å². The Bertz CT molecular complexity index is 3180. The maximum Gasteiger partial charge on any atom is 0.164 e. The van der Waals surface area contributed by atoms with Crippen molar-refractivity contribution in [2.75, 3.05) is 0 Å². The first-order chi connectivity index (χ1) is 27.3. The van der Waals surface area contributed by atoms with Crippen molar-refractivity contribution in [1.82, 2.24) is 19.5 Å². The largest absolute Gasteiger partial charge is 0.309 e. The van der Waals surface area contributed by atoms with Crippen LogP contribution >= 0.6 is 0 Å². The van der Waals surface area contributed by atoms with Gasteiger partial charge in [-0.05, 0) is 62.3 Å². The lowest BCUT2D eigenvalue weighted by atomic mass is 9.97. The molecule has 2 heterocycles. The Morgan fingerprint density at radius 1 is 0.291 bits per heavy atom. The molecule has 0 N–H and O–H groups in total. The summed E-state index contributed by atoms with van der Waals surface area (Å²) in [7, 11) is 0. The Labute approximate surface area is 317 Å². The maximum absolute atomic E-state index is 4.94. The van der Waals surface area contributed by atoms with E-state index < -0.39 is 0 Å². The highest BCUT2D eigenvalue weighted by molar-refractivity contribution is 6.23. The first kappa shape index (κ1) is 31.1. The normalized spacial score (nSPS) is 11.6. The van der Waals surface area contributed by atoms with Crippen molar-refractivity contribution >= 4 is 54.1 Å². The second-order valence-corrected chi connectivity index (χ2v) is 14.0. The van der Waals surface area contributed by atoms with Gasteiger partial charge in [-0.3, -0.25) is 0 Å². The minimum atomic E-state index is 0.647. The molecule has 256 valence electrons. The standard InChI is InChI=1S/C51H32N4/c1-3-13-35(14-4-1)49-52-50(36-15-5-2-6-16-36)54-51(53-49)37-26-23-33(24-27-37)38-28-25-34-29-30-46-48(44(34)31-38)43-21-11-12-22-45(43)55(46)47-32-39-17-7-8-18-40(39)41-19-9-10-20-42(41)47/h1-32H. The number of rotatable bonds is 5. The summed E-state index contributed by atoms with van der Waals surface area (Å²) in [6.45, 7) is 0. The molecule has 4 heteroatoms. The minimum absolute atomic E-state index is 0.647. The van der Waals surface area contributed by atoms with E-state index in [4.69, 9.17) is 15.0 Å². The lowest BCUT2D eigenvalue weighted by Crippen LogP contribution is -2.00. The molecule has 2 aromatic heterocycles. The van der Waals surface area contributed by atoms with E-state index in [1.165, 1.54) is 59.8 Å². The molecule has 4 nitrogen and oxygen atoms in total. The van der Waals surface area contributed by atoms with Crippen LogP contribution in [0.1, 0.15) is 0 Å². The summed E-state index contributed by atoms with van der Waals surface area (Å²) in [6.07, 6.45) is 0. The van der Waals surface area contributed by atoms with Gasteiger partial charge in [0.2, 0.25) is 0 Å². The molecule has 0 saturated carbocycles. The van der Waals surface area contributed by atoms with Crippen LogP contribution < -0.4 is 0 Å². The van der Waals surface area contributed by atoms with Gasteiger partial charge >= 0.3 is 0 Å². The Hall–Kier alpha value is -7.43. The SMILES string of the molecule is c1ccc(-c2nc(-c3ccccc3)nc(-c3ccc(-c4ccc5ccc6c(c5c4)c4ccccc4n6-c4cc5ccccc5c5ccccc45)cc3)n2)cc1. The second kappa shape index (κ2) is 12.6. The van der Waals surface area contributed by atoms with Crippen LogP contribution in [0.4, 0.5) is 0 Å². The van der Waals surface area contributed by atoms with Gasteiger partial charge in [-0.25, -0.2) is 15.0 Å². The van der Waals surface area contributed by atoms with Crippen LogP contribution in [0, 0.1) is 0 Å². The third-order valence-electron chi connectivity index (χ3n) is 10.8.